The highest BCUT2D eigenvalue weighted by Crippen LogP contribution is 2.32. The summed E-state index contributed by atoms with van der Waals surface area (Å²) in [7, 11) is 0. The quantitative estimate of drug-likeness (QED) is 0.590. The van der Waals surface area contributed by atoms with Gasteiger partial charge in [0, 0.05) is 73.7 Å². The number of rotatable bonds is 5. The average Bonchev–Trinajstić information content (AvgIpc) is 3.61. The first-order valence-corrected chi connectivity index (χ1v) is 12.8. The molecule has 1 aliphatic carbocycles. The maximum absolute atomic E-state index is 5.08. The van der Waals surface area contributed by atoms with Gasteiger partial charge in [-0.05, 0) is 32.1 Å². The second-order valence-electron chi connectivity index (χ2n) is 9.08. The van der Waals surface area contributed by atoms with Crippen LogP contribution in [0.4, 0.5) is 10.9 Å². The van der Waals surface area contributed by atoms with Crippen molar-refractivity contribution in [1.82, 2.24) is 19.9 Å². The molecule has 2 fully saturated rings. The van der Waals surface area contributed by atoms with Crippen molar-refractivity contribution in [3.63, 3.8) is 0 Å². The summed E-state index contributed by atoms with van der Waals surface area (Å²) in [6.07, 6.45) is 8.08. The molecular formula is C25H30N6S. The molecule has 3 aliphatic rings. The zero-order valence-corrected chi connectivity index (χ0v) is 19.4. The van der Waals surface area contributed by atoms with Crippen LogP contribution < -0.4 is 9.80 Å². The maximum atomic E-state index is 5.08. The predicted octanol–water partition coefficient (Wildman–Crippen LogP) is 4.01. The van der Waals surface area contributed by atoms with Crippen LogP contribution in [0.2, 0.25) is 0 Å². The van der Waals surface area contributed by atoms with Crippen molar-refractivity contribution in [2.45, 2.75) is 38.6 Å². The number of hydrogen-bond acceptors (Lipinski definition) is 7. The van der Waals surface area contributed by atoms with Crippen molar-refractivity contribution in [2.24, 2.45) is 0 Å². The molecule has 2 saturated heterocycles. The van der Waals surface area contributed by atoms with Crippen molar-refractivity contribution < 1.29 is 0 Å². The van der Waals surface area contributed by atoms with Gasteiger partial charge in [-0.2, -0.15) is 0 Å². The third-order valence-corrected chi connectivity index (χ3v) is 7.96. The van der Waals surface area contributed by atoms with Crippen LogP contribution in [0.3, 0.4) is 0 Å². The van der Waals surface area contributed by atoms with E-state index in [4.69, 9.17) is 15.0 Å². The minimum Gasteiger partial charge on any atom is -0.354 e. The maximum Gasteiger partial charge on any atom is 0.185 e. The fourth-order valence-corrected chi connectivity index (χ4v) is 6.16. The zero-order valence-electron chi connectivity index (χ0n) is 18.5. The zero-order chi connectivity index (χ0) is 21.3. The van der Waals surface area contributed by atoms with Crippen molar-refractivity contribution in [3.05, 3.63) is 52.7 Å². The van der Waals surface area contributed by atoms with Gasteiger partial charge in [-0.1, -0.05) is 30.3 Å². The Kier molecular flexibility index (Phi) is 5.53. The van der Waals surface area contributed by atoms with Gasteiger partial charge >= 0.3 is 0 Å². The van der Waals surface area contributed by atoms with E-state index in [2.05, 4.69) is 45.2 Å². The summed E-state index contributed by atoms with van der Waals surface area (Å²) >= 11 is 1.88. The van der Waals surface area contributed by atoms with Gasteiger partial charge in [-0.3, -0.25) is 4.90 Å². The van der Waals surface area contributed by atoms with Gasteiger partial charge in [0.1, 0.15) is 5.82 Å². The molecule has 1 aromatic carbocycles. The minimum absolute atomic E-state index is 0.878. The van der Waals surface area contributed by atoms with Gasteiger partial charge in [0.25, 0.3) is 0 Å². The smallest absolute Gasteiger partial charge is 0.185 e. The van der Waals surface area contributed by atoms with E-state index in [-0.39, 0.29) is 0 Å². The van der Waals surface area contributed by atoms with Crippen LogP contribution in [0.5, 0.6) is 0 Å². The van der Waals surface area contributed by atoms with E-state index in [0.29, 0.717) is 0 Å². The third kappa shape index (κ3) is 3.99. The molecule has 7 heteroatoms. The van der Waals surface area contributed by atoms with E-state index in [1.165, 1.54) is 59.4 Å². The molecule has 32 heavy (non-hydrogen) atoms. The summed E-state index contributed by atoms with van der Waals surface area (Å²) in [4.78, 5) is 23.6. The summed E-state index contributed by atoms with van der Waals surface area (Å²) in [6, 6.07) is 10.4. The molecule has 6 nitrogen and oxygen atoms in total. The van der Waals surface area contributed by atoms with Crippen LogP contribution in [-0.4, -0.2) is 59.1 Å². The second kappa shape index (κ2) is 8.79. The SMILES string of the molecule is c1ccc(-c2nc3c(c(N4CCN(Cc5cnc(N6CCCC6)s5)CC4)n2)CCC3)cc1. The molecule has 166 valence electrons. The van der Waals surface area contributed by atoms with Crippen LogP contribution in [0.15, 0.2) is 36.5 Å². The number of thiazole rings is 1. The molecule has 2 aromatic heterocycles. The molecule has 0 N–H and O–H groups in total. The fourth-order valence-electron chi connectivity index (χ4n) is 5.15. The van der Waals surface area contributed by atoms with Gasteiger partial charge in [0.05, 0.1) is 0 Å². The summed E-state index contributed by atoms with van der Waals surface area (Å²) < 4.78 is 0. The molecule has 2 aliphatic heterocycles. The van der Waals surface area contributed by atoms with Gasteiger partial charge in [0.15, 0.2) is 11.0 Å². The highest BCUT2D eigenvalue weighted by atomic mass is 32.1. The minimum atomic E-state index is 0.878. The van der Waals surface area contributed by atoms with Crippen LogP contribution >= 0.6 is 11.3 Å². The highest BCUT2D eigenvalue weighted by molar-refractivity contribution is 7.15. The third-order valence-electron chi connectivity index (χ3n) is 6.91. The Morgan fingerprint density at radius 2 is 1.62 bits per heavy atom. The molecule has 0 radical (unpaired) electrons. The molecule has 0 saturated carbocycles. The lowest BCUT2D eigenvalue weighted by Gasteiger charge is -2.36. The summed E-state index contributed by atoms with van der Waals surface area (Å²) in [5.41, 5.74) is 3.76. The molecule has 0 atom stereocenters. The number of nitrogens with zero attached hydrogens (tertiary/aromatic N) is 6. The standard InChI is InChI=1S/C25H30N6S/c1-2-7-19(8-3-1)23-27-22-10-6-9-21(22)24(28-23)30-15-13-29(14-16-30)18-20-17-26-25(32-20)31-11-4-5-12-31/h1-3,7-8,17H,4-6,9-16,18H2. The van der Waals surface area contributed by atoms with Crippen molar-refractivity contribution in [1.29, 1.82) is 0 Å². The number of aryl methyl sites for hydroxylation is 1. The summed E-state index contributed by atoms with van der Waals surface area (Å²) in [5, 5.41) is 1.21. The largest absolute Gasteiger partial charge is 0.354 e. The first kappa shape index (κ1) is 20.1. The highest BCUT2D eigenvalue weighted by Gasteiger charge is 2.26. The number of anilines is 2. The number of hydrogen-bond donors (Lipinski definition) is 0. The average molecular weight is 447 g/mol. The van der Waals surface area contributed by atoms with Gasteiger partial charge < -0.3 is 9.80 Å². The summed E-state index contributed by atoms with van der Waals surface area (Å²) in [6.45, 7) is 7.52. The Morgan fingerprint density at radius 1 is 0.812 bits per heavy atom. The fraction of sp³-hybridized carbons (Fsp3) is 0.480. The molecule has 0 spiro atoms. The lowest BCUT2D eigenvalue weighted by molar-refractivity contribution is 0.251. The summed E-state index contributed by atoms with van der Waals surface area (Å²) in [5.74, 6) is 2.06. The molecule has 0 bridgehead atoms. The Balaban J connectivity index is 1.15. The van der Waals surface area contributed by atoms with Gasteiger partial charge in [-0.15, -0.1) is 11.3 Å². The first-order valence-electron chi connectivity index (χ1n) is 12.0. The van der Waals surface area contributed by atoms with Gasteiger partial charge in [-0.25, -0.2) is 15.0 Å². The van der Waals surface area contributed by atoms with Crippen molar-refractivity contribution >= 4 is 22.3 Å². The predicted molar refractivity (Wildman–Crippen MR) is 131 cm³/mol. The van der Waals surface area contributed by atoms with Crippen LogP contribution in [0.1, 0.15) is 35.4 Å². The molecular weight excluding hydrogens is 416 g/mol. The molecule has 3 aromatic rings. The number of benzene rings is 1. The molecule has 0 unspecified atom stereocenters. The number of piperazine rings is 1. The van der Waals surface area contributed by atoms with Crippen molar-refractivity contribution in [2.75, 3.05) is 49.1 Å². The Labute approximate surface area is 193 Å². The first-order chi connectivity index (χ1) is 15.8. The van der Waals surface area contributed by atoms with Crippen LogP contribution in [-0.2, 0) is 19.4 Å². The monoisotopic (exact) mass is 446 g/mol. The van der Waals surface area contributed by atoms with Crippen LogP contribution in [0.25, 0.3) is 11.4 Å². The molecule has 4 heterocycles. The van der Waals surface area contributed by atoms with Gasteiger partial charge in [0.2, 0.25) is 0 Å². The van der Waals surface area contributed by atoms with E-state index in [1.807, 2.05) is 17.4 Å². The Bertz CT molecular complexity index is 1070. The molecule has 6 rings (SSSR count). The number of aromatic nitrogens is 3. The van der Waals surface area contributed by atoms with E-state index in [9.17, 15) is 0 Å². The van der Waals surface area contributed by atoms with Crippen LogP contribution in [0, 0.1) is 0 Å². The lowest BCUT2D eigenvalue weighted by Crippen LogP contribution is -2.46. The van der Waals surface area contributed by atoms with E-state index in [0.717, 1.165) is 57.0 Å². The lowest BCUT2D eigenvalue weighted by atomic mass is 10.1. The second-order valence-corrected chi connectivity index (χ2v) is 10.2. The van der Waals surface area contributed by atoms with Crippen molar-refractivity contribution in [3.8, 4) is 11.4 Å². The van der Waals surface area contributed by atoms with E-state index in [1.54, 1.807) is 0 Å². The number of fused-ring (bicyclic) bond motifs is 1. The molecule has 0 amide bonds. The normalized spacial score (nSPS) is 19.0. The van der Waals surface area contributed by atoms with E-state index < -0.39 is 0 Å². The Hall–Kier alpha value is -2.51. The Morgan fingerprint density at radius 3 is 2.44 bits per heavy atom. The topological polar surface area (TPSA) is 48.4 Å². The van der Waals surface area contributed by atoms with E-state index >= 15 is 0 Å².